The summed E-state index contributed by atoms with van der Waals surface area (Å²) in [6.07, 6.45) is 0.428. The molecule has 1 saturated heterocycles. The Labute approximate surface area is 138 Å². The number of hydrogen-bond acceptors (Lipinski definition) is 4. The number of thiophene rings is 1. The predicted octanol–water partition coefficient (Wildman–Crippen LogP) is 2.86. The summed E-state index contributed by atoms with van der Waals surface area (Å²) < 4.78 is 36.2. The zero-order valence-electron chi connectivity index (χ0n) is 12.5. The summed E-state index contributed by atoms with van der Waals surface area (Å²) in [5, 5.41) is 2.83. The lowest BCUT2D eigenvalue weighted by molar-refractivity contribution is 0.0919. The summed E-state index contributed by atoms with van der Waals surface area (Å²) in [6.45, 7) is 1.75. The Hall–Kier alpha value is -1.73. The quantitative estimate of drug-likeness (QED) is 0.923. The lowest BCUT2D eigenvalue weighted by atomic mass is 10.0. The van der Waals surface area contributed by atoms with Crippen molar-refractivity contribution < 1.29 is 17.6 Å². The molecule has 0 spiro atoms. The van der Waals surface area contributed by atoms with Crippen LogP contribution in [0.1, 0.15) is 23.0 Å². The van der Waals surface area contributed by atoms with Gasteiger partial charge in [-0.25, -0.2) is 12.8 Å². The van der Waals surface area contributed by atoms with Gasteiger partial charge in [-0.15, -0.1) is 11.3 Å². The molecule has 0 bridgehead atoms. The fourth-order valence-electron chi connectivity index (χ4n) is 2.67. The van der Waals surface area contributed by atoms with Gasteiger partial charge in [-0.3, -0.25) is 4.79 Å². The molecule has 23 heavy (non-hydrogen) atoms. The van der Waals surface area contributed by atoms with E-state index < -0.39 is 15.4 Å². The second-order valence-corrected chi connectivity index (χ2v) is 9.30. The minimum Gasteiger partial charge on any atom is -0.345 e. The van der Waals surface area contributed by atoms with Gasteiger partial charge < -0.3 is 5.32 Å². The monoisotopic (exact) mass is 353 g/mol. The standard InChI is InChI=1S/C16H16FNO3S2/c1-16(8-9-23(20,21)10-16)18-15(19)14-7-6-13(22-14)11-2-4-12(17)5-3-11/h2-7H,8-10H2,1H3,(H,18,19)/t16-/m1/s1. The van der Waals surface area contributed by atoms with Crippen LogP contribution >= 0.6 is 11.3 Å². The van der Waals surface area contributed by atoms with Crippen LogP contribution in [-0.4, -0.2) is 31.4 Å². The normalized spacial score (nSPS) is 22.9. The number of hydrogen-bond donors (Lipinski definition) is 1. The minimum atomic E-state index is -3.07. The summed E-state index contributed by atoms with van der Waals surface area (Å²) in [5.41, 5.74) is 0.126. The van der Waals surface area contributed by atoms with E-state index in [0.29, 0.717) is 11.3 Å². The number of halogens is 1. The van der Waals surface area contributed by atoms with Crippen LogP contribution in [-0.2, 0) is 9.84 Å². The largest absolute Gasteiger partial charge is 0.345 e. The summed E-state index contributed by atoms with van der Waals surface area (Å²) >= 11 is 1.30. The van der Waals surface area contributed by atoms with E-state index in [0.717, 1.165) is 10.4 Å². The summed E-state index contributed by atoms with van der Waals surface area (Å²) in [7, 11) is -3.07. The first kappa shape index (κ1) is 16.1. The second-order valence-electron chi connectivity index (χ2n) is 6.03. The molecule has 7 heteroatoms. The van der Waals surface area contributed by atoms with Crippen LogP contribution in [0.3, 0.4) is 0 Å². The van der Waals surface area contributed by atoms with Crippen LogP contribution in [0.2, 0.25) is 0 Å². The van der Waals surface area contributed by atoms with Crippen LogP contribution in [0.15, 0.2) is 36.4 Å². The predicted molar refractivity (Wildman–Crippen MR) is 88.9 cm³/mol. The van der Waals surface area contributed by atoms with E-state index in [1.165, 1.54) is 23.5 Å². The van der Waals surface area contributed by atoms with E-state index in [1.807, 2.05) is 0 Å². The molecule has 1 aromatic carbocycles. The van der Waals surface area contributed by atoms with Gasteiger partial charge in [0.15, 0.2) is 9.84 Å². The third kappa shape index (κ3) is 3.61. The highest BCUT2D eigenvalue weighted by atomic mass is 32.2. The first-order chi connectivity index (χ1) is 10.8. The average molecular weight is 353 g/mol. The highest BCUT2D eigenvalue weighted by molar-refractivity contribution is 7.91. The van der Waals surface area contributed by atoms with Gasteiger partial charge in [0.25, 0.3) is 5.91 Å². The molecule has 1 aromatic heterocycles. The highest BCUT2D eigenvalue weighted by Crippen LogP contribution is 2.29. The van der Waals surface area contributed by atoms with Gasteiger partial charge in [-0.05, 0) is 43.2 Å². The number of carbonyl (C=O) groups excluding carboxylic acids is 1. The van der Waals surface area contributed by atoms with Gasteiger partial charge in [0.05, 0.1) is 21.9 Å². The topological polar surface area (TPSA) is 63.2 Å². The SMILES string of the molecule is C[C@@]1(NC(=O)c2ccc(-c3ccc(F)cc3)s2)CCS(=O)(=O)C1. The first-order valence-corrected chi connectivity index (χ1v) is 9.79. The van der Waals surface area contributed by atoms with Gasteiger partial charge in [0, 0.05) is 4.88 Å². The first-order valence-electron chi connectivity index (χ1n) is 7.15. The average Bonchev–Trinajstić information content (AvgIpc) is 3.05. The molecule has 1 amide bonds. The van der Waals surface area contributed by atoms with E-state index in [2.05, 4.69) is 5.32 Å². The molecule has 1 aliphatic heterocycles. The molecule has 3 rings (SSSR count). The van der Waals surface area contributed by atoms with Crippen LogP contribution in [0.4, 0.5) is 4.39 Å². The van der Waals surface area contributed by atoms with Crippen molar-refractivity contribution in [3.8, 4) is 10.4 Å². The molecule has 2 heterocycles. The van der Waals surface area contributed by atoms with E-state index in [1.54, 1.807) is 31.2 Å². The zero-order chi connectivity index (χ0) is 16.7. The second kappa shape index (κ2) is 5.72. The van der Waals surface area contributed by atoms with E-state index in [4.69, 9.17) is 0 Å². The van der Waals surface area contributed by atoms with E-state index in [-0.39, 0.29) is 23.2 Å². The number of nitrogens with one attached hydrogen (secondary N) is 1. The molecular weight excluding hydrogens is 337 g/mol. The van der Waals surface area contributed by atoms with Crippen molar-refractivity contribution in [1.82, 2.24) is 5.32 Å². The van der Waals surface area contributed by atoms with Crippen LogP contribution in [0, 0.1) is 5.82 Å². The highest BCUT2D eigenvalue weighted by Gasteiger charge is 2.39. The summed E-state index contributed by atoms with van der Waals surface area (Å²) in [4.78, 5) is 13.7. The van der Waals surface area contributed by atoms with Crippen molar-refractivity contribution in [3.05, 3.63) is 47.1 Å². The van der Waals surface area contributed by atoms with Crippen molar-refractivity contribution >= 4 is 27.1 Å². The van der Waals surface area contributed by atoms with Crippen molar-refractivity contribution in [2.75, 3.05) is 11.5 Å². The van der Waals surface area contributed by atoms with Gasteiger partial charge in [-0.1, -0.05) is 12.1 Å². The maximum atomic E-state index is 13.0. The Bertz CT molecular complexity index is 842. The molecule has 2 aromatic rings. The Morgan fingerprint density at radius 3 is 2.52 bits per heavy atom. The molecule has 0 saturated carbocycles. The van der Waals surface area contributed by atoms with Crippen LogP contribution in [0.5, 0.6) is 0 Å². The Morgan fingerprint density at radius 1 is 1.22 bits per heavy atom. The maximum Gasteiger partial charge on any atom is 0.261 e. The lowest BCUT2D eigenvalue weighted by Gasteiger charge is -2.23. The molecule has 0 aliphatic carbocycles. The van der Waals surface area contributed by atoms with Gasteiger partial charge in [0.2, 0.25) is 0 Å². The molecule has 1 N–H and O–H groups in total. The van der Waals surface area contributed by atoms with E-state index >= 15 is 0 Å². The lowest BCUT2D eigenvalue weighted by Crippen LogP contribution is -2.46. The summed E-state index contributed by atoms with van der Waals surface area (Å²) in [6, 6.07) is 9.58. The number of sulfone groups is 1. The van der Waals surface area contributed by atoms with Crippen LogP contribution < -0.4 is 5.32 Å². The minimum absolute atomic E-state index is 0.0259. The Kier molecular flexibility index (Phi) is 4.01. The van der Waals surface area contributed by atoms with Gasteiger partial charge in [0.1, 0.15) is 5.82 Å². The van der Waals surface area contributed by atoms with Crippen molar-refractivity contribution in [1.29, 1.82) is 0 Å². The number of carbonyl (C=O) groups is 1. The fraction of sp³-hybridized carbons (Fsp3) is 0.312. The maximum absolute atomic E-state index is 13.0. The molecule has 1 aliphatic rings. The molecule has 1 atom stereocenters. The van der Waals surface area contributed by atoms with Gasteiger partial charge >= 0.3 is 0 Å². The van der Waals surface area contributed by atoms with Crippen molar-refractivity contribution in [2.24, 2.45) is 0 Å². The Morgan fingerprint density at radius 2 is 1.91 bits per heavy atom. The zero-order valence-corrected chi connectivity index (χ0v) is 14.1. The van der Waals surface area contributed by atoms with Crippen molar-refractivity contribution in [2.45, 2.75) is 18.9 Å². The third-order valence-corrected chi connectivity index (χ3v) is 6.91. The van der Waals surface area contributed by atoms with Crippen LogP contribution in [0.25, 0.3) is 10.4 Å². The molecule has 122 valence electrons. The van der Waals surface area contributed by atoms with E-state index in [9.17, 15) is 17.6 Å². The van der Waals surface area contributed by atoms with Crippen molar-refractivity contribution in [3.63, 3.8) is 0 Å². The molecule has 0 radical (unpaired) electrons. The van der Waals surface area contributed by atoms with Gasteiger partial charge in [-0.2, -0.15) is 0 Å². The number of rotatable bonds is 3. The molecular formula is C16H16FNO3S2. The summed E-state index contributed by atoms with van der Waals surface area (Å²) in [5.74, 6) is -0.502. The molecule has 4 nitrogen and oxygen atoms in total. The smallest absolute Gasteiger partial charge is 0.261 e. The molecule has 0 unspecified atom stereocenters. The number of benzene rings is 1. The third-order valence-electron chi connectivity index (χ3n) is 3.88. The number of amides is 1. The fourth-order valence-corrected chi connectivity index (χ4v) is 5.67. The molecule has 1 fully saturated rings. The Balaban J connectivity index is 1.75.